The van der Waals surface area contributed by atoms with Gasteiger partial charge in [-0.15, -0.1) is 0 Å². The molecule has 26 heavy (non-hydrogen) atoms. The molecule has 0 N–H and O–H groups in total. The summed E-state index contributed by atoms with van der Waals surface area (Å²) in [6.07, 6.45) is 9.40. The predicted molar refractivity (Wildman–Crippen MR) is 108 cm³/mol. The van der Waals surface area contributed by atoms with Crippen LogP contribution in [0.1, 0.15) is 54.5 Å². The van der Waals surface area contributed by atoms with Crippen molar-refractivity contribution in [3.63, 3.8) is 0 Å². The Hall–Kier alpha value is -1.59. The van der Waals surface area contributed by atoms with Gasteiger partial charge < -0.3 is 9.30 Å². The summed E-state index contributed by atoms with van der Waals surface area (Å²) in [6, 6.07) is 6.32. The van der Waals surface area contributed by atoms with Crippen LogP contribution in [0.5, 0.6) is 0 Å². The molecule has 5 rings (SSSR count). The Morgan fingerprint density at radius 3 is 2.62 bits per heavy atom. The first-order valence-corrected chi connectivity index (χ1v) is 10.3. The quantitative estimate of drug-likeness (QED) is 0.498. The molecule has 3 heterocycles. The number of fused-ring (bicyclic) bond motifs is 1. The van der Waals surface area contributed by atoms with E-state index in [9.17, 15) is 0 Å². The Kier molecular flexibility index (Phi) is 3.98. The van der Waals surface area contributed by atoms with E-state index in [4.69, 9.17) is 16.6 Å². The van der Waals surface area contributed by atoms with Gasteiger partial charge in [0.05, 0.1) is 16.7 Å². The van der Waals surface area contributed by atoms with E-state index >= 15 is 0 Å². The molecule has 134 valence electrons. The number of anilines is 1. The van der Waals surface area contributed by atoms with Gasteiger partial charge in [0.15, 0.2) is 5.65 Å². The Balaban J connectivity index is 1.42. The molecule has 0 saturated heterocycles. The van der Waals surface area contributed by atoms with Crippen LogP contribution in [0, 0.1) is 0 Å². The third-order valence-corrected chi connectivity index (χ3v) is 6.04. The van der Waals surface area contributed by atoms with Crippen LogP contribution < -0.4 is 4.90 Å². The molecule has 2 fully saturated rings. The van der Waals surface area contributed by atoms with Crippen LogP contribution in [-0.2, 0) is 6.54 Å². The second kappa shape index (κ2) is 6.24. The molecular weight excluding hydrogens is 412 g/mol. The number of hydrogen-bond acceptors (Lipinski definition) is 3. The zero-order valence-electron chi connectivity index (χ0n) is 14.6. The number of imidazole rings is 1. The van der Waals surface area contributed by atoms with Crippen molar-refractivity contribution in [3.8, 4) is 0 Å². The van der Waals surface area contributed by atoms with Gasteiger partial charge in [-0.1, -0.05) is 11.6 Å². The summed E-state index contributed by atoms with van der Waals surface area (Å²) in [6.45, 7) is 0.733. The molecule has 0 radical (unpaired) electrons. The third kappa shape index (κ3) is 3.23. The van der Waals surface area contributed by atoms with Gasteiger partial charge in [0.25, 0.3) is 0 Å². The lowest BCUT2D eigenvalue weighted by molar-refractivity contribution is 0.887. The van der Waals surface area contributed by atoms with Crippen LogP contribution >= 0.6 is 27.5 Å². The largest absolute Gasteiger partial charge is 0.368 e. The van der Waals surface area contributed by atoms with Gasteiger partial charge in [0.2, 0.25) is 0 Å². The van der Waals surface area contributed by atoms with Gasteiger partial charge in [-0.25, -0.2) is 9.97 Å². The van der Waals surface area contributed by atoms with Crippen molar-refractivity contribution in [1.82, 2.24) is 14.4 Å². The molecule has 0 atom stereocenters. The highest BCUT2D eigenvalue weighted by Crippen LogP contribution is 2.42. The highest BCUT2D eigenvalue weighted by molar-refractivity contribution is 9.10. The number of aromatic nitrogens is 3. The molecular formula is C20H20BrClN4. The van der Waals surface area contributed by atoms with E-state index in [1.54, 1.807) is 0 Å². The van der Waals surface area contributed by atoms with E-state index < -0.39 is 0 Å². The van der Waals surface area contributed by atoms with Gasteiger partial charge in [0, 0.05) is 36.7 Å². The molecule has 2 saturated carbocycles. The molecule has 3 aromatic heterocycles. The number of halogens is 2. The van der Waals surface area contributed by atoms with E-state index in [-0.39, 0.29) is 0 Å². The molecule has 0 unspecified atom stereocenters. The molecule has 6 heteroatoms. The zero-order chi connectivity index (χ0) is 17.8. The standard InChI is InChI=1S/C20H20BrClN4/c1-25(16-7-18(13-4-5-13)24-19(22)8-16)10-15-11-26-9-14(12-2-3-12)6-17(21)20(26)23-15/h6-9,11-13H,2-5,10H2,1H3. The Morgan fingerprint density at radius 1 is 1.12 bits per heavy atom. The van der Waals surface area contributed by atoms with E-state index in [1.165, 1.54) is 31.2 Å². The van der Waals surface area contributed by atoms with Crippen LogP contribution in [0.4, 0.5) is 5.69 Å². The van der Waals surface area contributed by atoms with Crippen molar-refractivity contribution >= 4 is 38.9 Å². The SMILES string of the molecule is CN(Cc1cn2cc(C3CC3)cc(Br)c2n1)c1cc(Cl)nc(C2CC2)c1. The van der Waals surface area contributed by atoms with Crippen molar-refractivity contribution < 1.29 is 0 Å². The summed E-state index contributed by atoms with van der Waals surface area (Å²) in [5.41, 5.74) is 5.64. The lowest BCUT2D eigenvalue weighted by Crippen LogP contribution is -2.17. The maximum Gasteiger partial charge on any atom is 0.151 e. The van der Waals surface area contributed by atoms with Gasteiger partial charge >= 0.3 is 0 Å². The minimum Gasteiger partial charge on any atom is -0.368 e. The van der Waals surface area contributed by atoms with Crippen LogP contribution in [0.25, 0.3) is 5.65 Å². The molecule has 3 aromatic rings. The lowest BCUT2D eigenvalue weighted by Gasteiger charge is -2.19. The molecule has 4 nitrogen and oxygen atoms in total. The second-order valence-electron chi connectivity index (χ2n) is 7.56. The van der Waals surface area contributed by atoms with E-state index in [0.717, 1.165) is 39.7 Å². The average Bonchev–Trinajstić information content (AvgIpc) is 3.51. The van der Waals surface area contributed by atoms with Crippen molar-refractivity contribution in [2.24, 2.45) is 0 Å². The second-order valence-corrected chi connectivity index (χ2v) is 8.80. The number of pyridine rings is 2. The highest BCUT2D eigenvalue weighted by Gasteiger charge is 2.26. The number of hydrogen-bond donors (Lipinski definition) is 0. The minimum atomic E-state index is 0.572. The van der Waals surface area contributed by atoms with E-state index in [2.05, 4.69) is 61.8 Å². The third-order valence-electron chi connectivity index (χ3n) is 5.26. The fourth-order valence-electron chi connectivity index (χ4n) is 3.49. The molecule has 0 bridgehead atoms. The van der Waals surface area contributed by atoms with Gasteiger partial charge in [-0.3, -0.25) is 0 Å². The Labute approximate surface area is 166 Å². The Bertz CT molecular complexity index is 991. The summed E-state index contributed by atoms with van der Waals surface area (Å²) in [5.74, 6) is 1.32. The fourth-order valence-corrected chi connectivity index (χ4v) is 4.26. The molecule has 2 aliphatic rings. The van der Waals surface area contributed by atoms with Crippen molar-refractivity contribution in [2.75, 3.05) is 11.9 Å². The molecule has 0 aliphatic heterocycles. The summed E-state index contributed by atoms with van der Waals surface area (Å²) >= 11 is 9.93. The van der Waals surface area contributed by atoms with Crippen molar-refractivity contribution in [2.45, 2.75) is 44.1 Å². The summed E-state index contributed by atoms with van der Waals surface area (Å²) < 4.78 is 3.22. The average molecular weight is 432 g/mol. The predicted octanol–water partition coefficient (Wildman–Crippen LogP) is 5.54. The summed E-state index contributed by atoms with van der Waals surface area (Å²) in [5, 5.41) is 0.572. The van der Waals surface area contributed by atoms with Gasteiger partial charge in [0.1, 0.15) is 5.15 Å². The van der Waals surface area contributed by atoms with Gasteiger partial charge in [-0.2, -0.15) is 0 Å². The number of rotatable bonds is 5. The van der Waals surface area contributed by atoms with Crippen molar-refractivity contribution in [1.29, 1.82) is 0 Å². The van der Waals surface area contributed by atoms with Crippen molar-refractivity contribution in [3.05, 3.63) is 57.2 Å². The first-order valence-electron chi connectivity index (χ1n) is 9.12. The maximum absolute atomic E-state index is 6.24. The molecule has 0 aromatic carbocycles. The normalized spacial score (nSPS) is 17.0. The highest BCUT2D eigenvalue weighted by atomic mass is 79.9. The Morgan fingerprint density at radius 2 is 1.88 bits per heavy atom. The first kappa shape index (κ1) is 16.6. The summed E-state index contributed by atoms with van der Waals surface area (Å²) in [7, 11) is 2.08. The smallest absolute Gasteiger partial charge is 0.151 e. The van der Waals surface area contributed by atoms with Crippen LogP contribution in [-0.4, -0.2) is 21.4 Å². The van der Waals surface area contributed by atoms with Crippen LogP contribution in [0.3, 0.4) is 0 Å². The lowest BCUT2D eigenvalue weighted by atomic mass is 10.2. The molecule has 0 amide bonds. The number of nitrogens with zero attached hydrogens (tertiary/aromatic N) is 4. The summed E-state index contributed by atoms with van der Waals surface area (Å²) in [4.78, 5) is 11.5. The molecule has 0 spiro atoms. The zero-order valence-corrected chi connectivity index (χ0v) is 17.0. The van der Waals surface area contributed by atoms with E-state index in [0.29, 0.717) is 11.1 Å². The maximum atomic E-state index is 6.24. The van der Waals surface area contributed by atoms with Crippen LogP contribution in [0.15, 0.2) is 35.1 Å². The minimum absolute atomic E-state index is 0.572. The monoisotopic (exact) mass is 430 g/mol. The van der Waals surface area contributed by atoms with Crippen LogP contribution in [0.2, 0.25) is 5.15 Å². The molecule has 2 aliphatic carbocycles. The topological polar surface area (TPSA) is 33.4 Å². The van der Waals surface area contributed by atoms with E-state index in [1.807, 2.05) is 6.07 Å². The first-order chi connectivity index (χ1) is 12.6. The fraction of sp³-hybridized carbons (Fsp3) is 0.400. The van der Waals surface area contributed by atoms with Gasteiger partial charge in [-0.05, 0) is 71.3 Å².